The van der Waals surface area contributed by atoms with Gasteiger partial charge < -0.3 is 27.9 Å². The monoisotopic (exact) mass is 473 g/mol. The van der Waals surface area contributed by atoms with Gasteiger partial charge in [0.05, 0.1) is 12.7 Å². The van der Waals surface area contributed by atoms with E-state index < -0.39 is 5.97 Å². The van der Waals surface area contributed by atoms with Gasteiger partial charge in [-0.3, -0.25) is 9.59 Å². The summed E-state index contributed by atoms with van der Waals surface area (Å²) in [6.45, 7) is 1.93. The van der Waals surface area contributed by atoms with E-state index in [1.54, 1.807) is 17.0 Å². The fourth-order valence-corrected chi connectivity index (χ4v) is 4.12. The Morgan fingerprint density at radius 1 is 1.09 bits per heavy atom. The van der Waals surface area contributed by atoms with Crippen LogP contribution in [0.3, 0.4) is 0 Å². The van der Waals surface area contributed by atoms with Gasteiger partial charge in [0.15, 0.2) is 12.4 Å². The van der Waals surface area contributed by atoms with Crippen LogP contribution < -0.4 is 4.90 Å². The molecule has 1 fully saturated rings. The number of rotatable bonds is 7. The molecule has 0 aliphatic carbocycles. The number of nitriles is 1. The van der Waals surface area contributed by atoms with Crippen LogP contribution in [0.25, 0.3) is 22.6 Å². The number of hydrogen-bond donors (Lipinski definition) is 0. The van der Waals surface area contributed by atoms with Crippen LogP contribution in [-0.4, -0.2) is 59.1 Å². The number of carbonyl (C=O) groups excluding carboxylic acids is 2. The molecule has 4 aromatic rings. The van der Waals surface area contributed by atoms with Gasteiger partial charge in [0.1, 0.15) is 6.07 Å². The van der Waals surface area contributed by atoms with Crippen LogP contribution in [0.1, 0.15) is 12.1 Å². The Balaban J connectivity index is 1.10. The lowest BCUT2D eigenvalue weighted by Gasteiger charge is -2.34. The van der Waals surface area contributed by atoms with Gasteiger partial charge in [-0.15, -0.1) is 0 Å². The Kier molecular flexibility index (Phi) is 6.22. The van der Waals surface area contributed by atoms with Gasteiger partial charge in [-0.25, -0.2) is 0 Å². The van der Waals surface area contributed by atoms with Gasteiger partial charge in [0.2, 0.25) is 11.6 Å². The zero-order valence-corrected chi connectivity index (χ0v) is 18.9. The summed E-state index contributed by atoms with van der Waals surface area (Å²) in [6.07, 6.45) is 3.62. The summed E-state index contributed by atoms with van der Waals surface area (Å²) in [5, 5.41) is 10.5. The highest BCUT2D eigenvalue weighted by atomic mass is 16.5. The number of benzene rings is 1. The van der Waals surface area contributed by atoms with Crippen LogP contribution in [-0.2, 0) is 20.9 Å². The number of fused-ring (bicyclic) bond motifs is 1. The predicted octanol–water partition coefficient (Wildman–Crippen LogP) is 3.04. The first-order valence-corrected chi connectivity index (χ1v) is 11.3. The molecule has 35 heavy (non-hydrogen) atoms. The van der Waals surface area contributed by atoms with Crippen LogP contribution in [0.15, 0.2) is 63.8 Å². The lowest BCUT2D eigenvalue weighted by molar-refractivity contribution is -0.152. The second-order valence-electron chi connectivity index (χ2n) is 8.11. The minimum atomic E-state index is -0.416. The van der Waals surface area contributed by atoms with E-state index in [1.807, 2.05) is 52.1 Å². The lowest BCUT2D eigenvalue weighted by Crippen LogP contribution is -2.50. The van der Waals surface area contributed by atoms with E-state index >= 15 is 0 Å². The fourth-order valence-electron chi connectivity index (χ4n) is 4.12. The number of aryl methyl sites for hydroxylation is 1. The number of anilines is 1. The average molecular weight is 473 g/mol. The number of piperazine rings is 1. The second-order valence-corrected chi connectivity index (χ2v) is 8.11. The summed E-state index contributed by atoms with van der Waals surface area (Å²) >= 11 is 0. The number of para-hydroxylation sites is 1. The number of esters is 1. The molecular weight excluding hydrogens is 450 g/mol. The number of aromatic nitrogens is 2. The van der Waals surface area contributed by atoms with Crippen LogP contribution in [0, 0.1) is 11.3 Å². The molecule has 0 unspecified atom stereocenters. The van der Waals surface area contributed by atoms with E-state index in [9.17, 15) is 14.9 Å². The number of amides is 1. The molecule has 178 valence electrons. The van der Waals surface area contributed by atoms with Gasteiger partial charge in [-0.2, -0.15) is 10.2 Å². The number of ether oxygens (including phenoxy) is 1. The SMILES string of the molecule is N#Cc1nc(-c2ccco2)oc1N1CCN(C(=O)COC(=O)CCn2ccc3ccccc32)CC1. The van der Waals surface area contributed by atoms with Gasteiger partial charge in [0.25, 0.3) is 11.8 Å². The summed E-state index contributed by atoms with van der Waals surface area (Å²) < 4.78 is 18.3. The minimum Gasteiger partial charge on any atom is -0.459 e. The van der Waals surface area contributed by atoms with Gasteiger partial charge >= 0.3 is 5.97 Å². The Labute approximate surface area is 200 Å². The van der Waals surface area contributed by atoms with E-state index in [0.717, 1.165) is 10.9 Å². The second kappa shape index (κ2) is 9.77. The normalized spacial score (nSPS) is 13.7. The molecule has 3 aromatic heterocycles. The average Bonchev–Trinajstić information content (AvgIpc) is 3.65. The first-order chi connectivity index (χ1) is 17.1. The quantitative estimate of drug-likeness (QED) is 0.376. The maximum Gasteiger partial charge on any atom is 0.308 e. The van der Waals surface area contributed by atoms with Crippen molar-refractivity contribution in [2.24, 2.45) is 0 Å². The summed E-state index contributed by atoms with van der Waals surface area (Å²) in [6, 6.07) is 15.4. The van der Waals surface area contributed by atoms with Crippen molar-refractivity contribution in [2.75, 3.05) is 37.7 Å². The highest BCUT2D eigenvalue weighted by Crippen LogP contribution is 2.29. The molecule has 0 N–H and O–H groups in total. The third-order valence-electron chi connectivity index (χ3n) is 5.96. The molecule has 5 rings (SSSR count). The minimum absolute atomic E-state index is 0.167. The molecule has 0 bridgehead atoms. The third kappa shape index (κ3) is 4.75. The molecule has 10 heteroatoms. The first kappa shape index (κ1) is 22.3. The van der Waals surface area contributed by atoms with Crippen molar-refractivity contribution in [1.29, 1.82) is 5.26 Å². The van der Waals surface area contributed by atoms with Crippen molar-refractivity contribution in [2.45, 2.75) is 13.0 Å². The molecule has 1 aliphatic heterocycles. The maximum absolute atomic E-state index is 12.6. The Morgan fingerprint density at radius 2 is 1.91 bits per heavy atom. The van der Waals surface area contributed by atoms with Crippen molar-refractivity contribution >= 4 is 28.7 Å². The summed E-state index contributed by atoms with van der Waals surface area (Å²) in [5.41, 5.74) is 1.22. The first-order valence-electron chi connectivity index (χ1n) is 11.3. The standard InChI is InChI=1S/C25H23N5O5/c26-16-19-25(35-24(27-19)21-6-3-15-33-21)30-13-11-29(12-14-30)22(31)17-34-23(32)8-10-28-9-7-18-4-1-2-5-20(18)28/h1-7,9,15H,8,10-14,17H2. The number of furan rings is 1. The van der Waals surface area contributed by atoms with Crippen LogP contribution in [0.4, 0.5) is 5.88 Å². The van der Waals surface area contributed by atoms with Crippen molar-refractivity contribution in [3.05, 3.63) is 60.6 Å². The highest BCUT2D eigenvalue weighted by Gasteiger charge is 2.27. The van der Waals surface area contributed by atoms with Crippen LogP contribution in [0.5, 0.6) is 0 Å². The van der Waals surface area contributed by atoms with E-state index in [1.165, 1.54) is 6.26 Å². The Hall–Kier alpha value is -4.52. The van der Waals surface area contributed by atoms with Crippen LogP contribution >= 0.6 is 0 Å². The number of carbonyl (C=O) groups is 2. The smallest absolute Gasteiger partial charge is 0.308 e. The largest absolute Gasteiger partial charge is 0.459 e. The third-order valence-corrected chi connectivity index (χ3v) is 5.96. The topological polar surface area (TPSA) is 118 Å². The van der Waals surface area contributed by atoms with E-state index in [2.05, 4.69) is 4.98 Å². The predicted molar refractivity (Wildman–Crippen MR) is 125 cm³/mol. The summed E-state index contributed by atoms with van der Waals surface area (Å²) in [5.74, 6) is 0.363. The van der Waals surface area contributed by atoms with Crippen molar-refractivity contribution in [1.82, 2.24) is 14.5 Å². The van der Waals surface area contributed by atoms with Gasteiger partial charge in [-0.1, -0.05) is 18.2 Å². The molecular formula is C25H23N5O5. The number of oxazole rings is 1. The summed E-state index contributed by atoms with van der Waals surface area (Å²) in [7, 11) is 0. The fraction of sp³-hybridized carbons (Fsp3) is 0.280. The molecule has 0 atom stereocenters. The van der Waals surface area contributed by atoms with E-state index in [4.69, 9.17) is 13.6 Å². The van der Waals surface area contributed by atoms with Gasteiger partial charge in [0, 0.05) is 44.4 Å². The molecule has 1 aliphatic rings. The zero-order valence-electron chi connectivity index (χ0n) is 18.9. The molecule has 10 nitrogen and oxygen atoms in total. The molecule has 1 aromatic carbocycles. The summed E-state index contributed by atoms with van der Waals surface area (Å²) in [4.78, 5) is 32.5. The Bertz CT molecular complexity index is 1370. The van der Waals surface area contributed by atoms with E-state index in [0.29, 0.717) is 44.4 Å². The molecule has 1 saturated heterocycles. The molecule has 4 heterocycles. The Morgan fingerprint density at radius 3 is 2.69 bits per heavy atom. The molecule has 0 spiro atoms. The van der Waals surface area contributed by atoms with E-state index in [-0.39, 0.29) is 30.5 Å². The van der Waals surface area contributed by atoms with Crippen molar-refractivity contribution in [3.8, 4) is 17.7 Å². The van der Waals surface area contributed by atoms with Crippen molar-refractivity contribution in [3.63, 3.8) is 0 Å². The zero-order chi connectivity index (χ0) is 24.2. The van der Waals surface area contributed by atoms with Crippen molar-refractivity contribution < 1.29 is 23.2 Å². The van der Waals surface area contributed by atoms with Crippen LogP contribution in [0.2, 0.25) is 0 Å². The molecule has 0 saturated carbocycles. The molecule has 0 radical (unpaired) electrons. The number of hydrogen-bond acceptors (Lipinski definition) is 8. The maximum atomic E-state index is 12.6. The number of nitrogens with zero attached hydrogens (tertiary/aromatic N) is 5. The lowest BCUT2D eigenvalue weighted by atomic mass is 10.2. The molecule has 1 amide bonds. The highest BCUT2D eigenvalue weighted by molar-refractivity contribution is 5.82. The van der Waals surface area contributed by atoms with Gasteiger partial charge in [-0.05, 0) is 29.7 Å².